The number of nitrogen functional groups attached to an aromatic ring is 1. The van der Waals surface area contributed by atoms with Crippen LogP contribution in [0.15, 0.2) is 48.5 Å². The van der Waals surface area contributed by atoms with Gasteiger partial charge < -0.3 is 10.6 Å². The molecule has 0 aliphatic carbocycles. The van der Waals surface area contributed by atoms with Gasteiger partial charge in [0, 0.05) is 23.5 Å². The second kappa shape index (κ2) is 5.52. The molecular weight excluding hydrogens is 243 g/mol. The minimum atomic E-state index is -0.507. The summed E-state index contributed by atoms with van der Waals surface area (Å²) in [5.74, 6) is -0.771. The molecule has 2 aromatic carbocycles. The van der Waals surface area contributed by atoms with Gasteiger partial charge in [-0.3, -0.25) is 4.79 Å². The van der Waals surface area contributed by atoms with E-state index in [0.717, 1.165) is 5.69 Å². The van der Waals surface area contributed by atoms with E-state index in [1.54, 1.807) is 4.90 Å². The standard InChI is InChI=1S/C15H15FN2O/c1-2-18(14-6-4-3-5-7-14)15(19)11-8-12(16)10-13(17)9-11/h3-10H,2,17H2,1H3. The number of benzene rings is 2. The lowest BCUT2D eigenvalue weighted by atomic mass is 10.1. The van der Waals surface area contributed by atoms with Crippen molar-refractivity contribution < 1.29 is 9.18 Å². The zero-order chi connectivity index (χ0) is 13.8. The highest BCUT2D eigenvalue weighted by atomic mass is 19.1. The molecule has 1 amide bonds. The van der Waals surface area contributed by atoms with Gasteiger partial charge in [0.2, 0.25) is 0 Å². The summed E-state index contributed by atoms with van der Waals surface area (Å²) in [5.41, 5.74) is 6.84. The van der Waals surface area contributed by atoms with Crippen LogP contribution in [0.4, 0.5) is 15.8 Å². The van der Waals surface area contributed by atoms with Crippen LogP contribution in [0, 0.1) is 5.82 Å². The van der Waals surface area contributed by atoms with Crippen LogP contribution >= 0.6 is 0 Å². The Morgan fingerprint density at radius 3 is 2.47 bits per heavy atom. The SMILES string of the molecule is CCN(C(=O)c1cc(N)cc(F)c1)c1ccccc1. The van der Waals surface area contributed by atoms with Gasteiger partial charge in [-0.05, 0) is 37.3 Å². The van der Waals surface area contributed by atoms with E-state index in [-0.39, 0.29) is 17.2 Å². The van der Waals surface area contributed by atoms with Crippen molar-refractivity contribution in [3.05, 3.63) is 59.9 Å². The molecule has 2 aromatic rings. The first-order valence-corrected chi connectivity index (χ1v) is 6.05. The Morgan fingerprint density at radius 1 is 1.21 bits per heavy atom. The van der Waals surface area contributed by atoms with Crippen molar-refractivity contribution in [3.8, 4) is 0 Å². The molecule has 0 unspecified atom stereocenters. The van der Waals surface area contributed by atoms with E-state index in [4.69, 9.17) is 5.73 Å². The second-order valence-corrected chi connectivity index (χ2v) is 4.16. The van der Waals surface area contributed by atoms with Crippen molar-refractivity contribution in [2.75, 3.05) is 17.2 Å². The maximum atomic E-state index is 13.3. The van der Waals surface area contributed by atoms with Crippen LogP contribution in [-0.4, -0.2) is 12.5 Å². The Labute approximate surface area is 111 Å². The van der Waals surface area contributed by atoms with Crippen molar-refractivity contribution in [1.82, 2.24) is 0 Å². The number of carbonyl (C=O) groups is 1. The molecule has 4 heteroatoms. The van der Waals surface area contributed by atoms with Gasteiger partial charge in [-0.1, -0.05) is 18.2 Å². The first kappa shape index (κ1) is 13.1. The molecule has 0 saturated heterocycles. The zero-order valence-electron chi connectivity index (χ0n) is 10.6. The fourth-order valence-corrected chi connectivity index (χ4v) is 1.94. The molecule has 0 heterocycles. The molecule has 0 fully saturated rings. The van der Waals surface area contributed by atoms with Gasteiger partial charge in [0.25, 0.3) is 5.91 Å². The second-order valence-electron chi connectivity index (χ2n) is 4.16. The molecule has 98 valence electrons. The van der Waals surface area contributed by atoms with E-state index in [1.807, 2.05) is 37.3 Å². The van der Waals surface area contributed by atoms with Crippen molar-refractivity contribution >= 4 is 17.3 Å². The maximum absolute atomic E-state index is 13.3. The average molecular weight is 258 g/mol. The monoisotopic (exact) mass is 258 g/mol. The van der Waals surface area contributed by atoms with Gasteiger partial charge in [0.1, 0.15) is 5.82 Å². The van der Waals surface area contributed by atoms with Gasteiger partial charge in [0.05, 0.1) is 0 Å². The summed E-state index contributed by atoms with van der Waals surface area (Å²) < 4.78 is 13.3. The highest BCUT2D eigenvalue weighted by Crippen LogP contribution is 2.18. The summed E-state index contributed by atoms with van der Waals surface area (Å²) in [6, 6.07) is 13.1. The van der Waals surface area contributed by atoms with E-state index >= 15 is 0 Å². The summed E-state index contributed by atoms with van der Waals surface area (Å²) in [7, 11) is 0. The van der Waals surface area contributed by atoms with Crippen LogP contribution in [0.2, 0.25) is 0 Å². The molecule has 19 heavy (non-hydrogen) atoms. The smallest absolute Gasteiger partial charge is 0.258 e. The molecule has 2 N–H and O–H groups in total. The quantitative estimate of drug-likeness (QED) is 0.860. The molecule has 0 aliphatic rings. The number of hydrogen-bond acceptors (Lipinski definition) is 2. The number of para-hydroxylation sites is 1. The lowest BCUT2D eigenvalue weighted by Gasteiger charge is -2.21. The van der Waals surface area contributed by atoms with Crippen molar-refractivity contribution in [1.29, 1.82) is 0 Å². The lowest BCUT2D eigenvalue weighted by Crippen LogP contribution is -2.30. The van der Waals surface area contributed by atoms with Crippen LogP contribution < -0.4 is 10.6 Å². The summed E-state index contributed by atoms with van der Waals surface area (Å²) in [4.78, 5) is 14.0. The molecule has 3 nitrogen and oxygen atoms in total. The first-order chi connectivity index (χ1) is 9.11. The number of nitrogens with zero attached hydrogens (tertiary/aromatic N) is 1. The Kier molecular flexibility index (Phi) is 3.80. The first-order valence-electron chi connectivity index (χ1n) is 6.05. The highest BCUT2D eigenvalue weighted by molar-refractivity contribution is 6.06. The normalized spacial score (nSPS) is 10.2. The Bertz CT molecular complexity index is 564. The third-order valence-electron chi connectivity index (χ3n) is 2.80. The molecule has 0 aliphatic heterocycles. The molecule has 0 saturated carbocycles. The number of anilines is 2. The van der Waals surface area contributed by atoms with Gasteiger partial charge >= 0.3 is 0 Å². The zero-order valence-corrected chi connectivity index (χ0v) is 10.6. The van der Waals surface area contributed by atoms with Gasteiger partial charge in [-0.2, -0.15) is 0 Å². The van der Waals surface area contributed by atoms with Gasteiger partial charge in [-0.15, -0.1) is 0 Å². The maximum Gasteiger partial charge on any atom is 0.258 e. The average Bonchev–Trinajstić information content (AvgIpc) is 2.39. The number of amides is 1. The minimum Gasteiger partial charge on any atom is -0.399 e. The lowest BCUT2D eigenvalue weighted by molar-refractivity contribution is 0.0988. The van der Waals surface area contributed by atoms with Crippen molar-refractivity contribution in [3.63, 3.8) is 0 Å². The Balaban J connectivity index is 2.36. The third kappa shape index (κ3) is 2.91. The number of rotatable bonds is 3. The molecule has 0 atom stereocenters. The van der Waals surface area contributed by atoms with Gasteiger partial charge in [-0.25, -0.2) is 4.39 Å². The van der Waals surface area contributed by atoms with E-state index in [0.29, 0.717) is 6.54 Å². The van der Waals surface area contributed by atoms with E-state index in [9.17, 15) is 9.18 Å². The largest absolute Gasteiger partial charge is 0.399 e. The number of carbonyl (C=O) groups excluding carboxylic acids is 1. The van der Waals surface area contributed by atoms with Crippen LogP contribution in [0.1, 0.15) is 17.3 Å². The van der Waals surface area contributed by atoms with Crippen LogP contribution in [0.5, 0.6) is 0 Å². The number of halogens is 1. The highest BCUT2D eigenvalue weighted by Gasteiger charge is 2.16. The molecular formula is C15H15FN2O. The summed E-state index contributed by atoms with van der Waals surface area (Å²) in [6.45, 7) is 2.37. The Hall–Kier alpha value is -2.36. The topological polar surface area (TPSA) is 46.3 Å². The number of nitrogens with two attached hydrogens (primary N) is 1. The molecule has 2 rings (SSSR count). The van der Waals surface area contributed by atoms with Crippen LogP contribution in [-0.2, 0) is 0 Å². The van der Waals surface area contributed by atoms with Gasteiger partial charge in [0.15, 0.2) is 0 Å². The fourth-order valence-electron chi connectivity index (χ4n) is 1.94. The van der Waals surface area contributed by atoms with Crippen LogP contribution in [0.25, 0.3) is 0 Å². The van der Waals surface area contributed by atoms with Crippen molar-refractivity contribution in [2.24, 2.45) is 0 Å². The predicted octanol–water partition coefficient (Wildman–Crippen LogP) is 3.07. The molecule has 0 spiro atoms. The predicted molar refractivity (Wildman–Crippen MR) is 74.6 cm³/mol. The summed E-state index contributed by atoms with van der Waals surface area (Å²) in [6.07, 6.45) is 0. The molecule has 0 bridgehead atoms. The van der Waals surface area contributed by atoms with Crippen molar-refractivity contribution in [2.45, 2.75) is 6.92 Å². The molecule has 0 aromatic heterocycles. The van der Waals surface area contributed by atoms with E-state index < -0.39 is 5.82 Å². The third-order valence-corrected chi connectivity index (χ3v) is 2.80. The fraction of sp³-hybridized carbons (Fsp3) is 0.133. The Morgan fingerprint density at radius 2 is 1.89 bits per heavy atom. The van der Waals surface area contributed by atoms with E-state index in [2.05, 4.69) is 0 Å². The van der Waals surface area contributed by atoms with E-state index in [1.165, 1.54) is 18.2 Å². The summed E-state index contributed by atoms with van der Waals surface area (Å²) >= 11 is 0. The summed E-state index contributed by atoms with van der Waals surface area (Å²) in [5, 5.41) is 0. The number of hydrogen-bond donors (Lipinski definition) is 1. The van der Waals surface area contributed by atoms with Crippen LogP contribution in [0.3, 0.4) is 0 Å². The minimum absolute atomic E-state index is 0.243. The molecule has 0 radical (unpaired) electrons.